The molecular formula is C17H18N2S2. The van der Waals surface area contributed by atoms with Crippen LogP contribution in [0.25, 0.3) is 11.3 Å². The molecule has 1 atom stereocenters. The molecule has 2 nitrogen and oxygen atoms in total. The Kier molecular flexibility index (Phi) is 4.19. The van der Waals surface area contributed by atoms with E-state index in [4.69, 9.17) is 10.7 Å². The first-order valence-electron chi connectivity index (χ1n) is 7.00. The lowest BCUT2D eigenvalue weighted by molar-refractivity contribution is 0.866. The third kappa shape index (κ3) is 3.07. The Morgan fingerprint density at radius 2 is 1.81 bits per heavy atom. The SMILES string of the molecule is CC(C)c1ccc(-c2csc(C(N)c3cccs3)n2)cc1. The minimum atomic E-state index is -0.112. The number of thiazole rings is 1. The number of hydrogen-bond donors (Lipinski definition) is 1. The smallest absolute Gasteiger partial charge is 0.115 e. The summed E-state index contributed by atoms with van der Waals surface area (Å²) in [6, 6.07) is 12.6. The van der Waals surface area contributed by atoms with Crippen molar-refractivity contribution in [3.63, 3.8) is 0 Å². The van der Waals surface area contributed by atoms with Crippen molar-refractivity contribution in [1.29, 1.82) is 0 Å². The summed E-state index contributed by atoms with van der Waals surface area (Å²) in [4.78, 5) is 5.87. The molecule has 2 aromatic heterocycles. The van der Waals surface area contributed by atoms with E-state index < -0.39 is 0 Å². The molecule has 3 rings (SSSR count). The van der Waals surface area contributed by atoms with Crippen LogP contribution in [-0.2, 0) is 0 Å². The Morgan fingerprint density at radius 3 is 2.43 bits per heavy atom. The van der Waals surface area contributed by atoms with Crippen LogP contribution in [0.3, 0.4) is 0 Å². The highest BCUT2D eigenvalue weighted by Crippen LogP contribution is 2.30. The highest BCUT2D eigenvalue weighted by molar-refractivity contribution is 7.11. The van der Waals surface area contributed by atoms with E-state index >= 15 is 0 Å². The molecule has 0 radical (unpaired) electrons. The summed E-state index contributed by atoms with van der Waals surface area (Å²) >= 11 is 3.31. The Hall–Kier alpha value is -1.49. The van der Waals surface area contributed by atoms with Gasteiger partial charge in [-0.3, -0.25) is 0 Å². The average molecular weight is 314 g/mol. The zero-order chi connectivity index (χ0) is 14.8. The van der Waals surface area contributed by atoms with Gasteiger partial charge in [-0.15, -0.1) is 22.7 Å². The van der Waals surface area contributed by atoms with E-state index in [1.807, 2.05) is 11.4 Å². The number of benzene rings is 1. The first kappa shape index (κ1) is 14.4. The molecule has 0 spiro atoms. The van der Waals surface area contributed by atoms with E-state index in [0.29, 0.717) is 5.92 Å². The van der Waals surface area contributed by atoms with Crippen molar-refractivity contribution in [2.45, 2.75) is 25.8 Å². The molecule has 0 aliphatic carbocycles. The fraction of sp³-hybridized carbons (Fsp3) is 0.235. The number of rotatable bonds is 4. The van der Waals surface area contributed by atoms with Gasteiger partial charge in [-0.2, -0.15) is 0 Å². The van der Waals surface area contributed by atoms with Crippen molar-refractivity contribution in [3.8, 4) is 11.3 Å². The highest BCUT2D eigenvalue weighted by Gasteiger charge is 2.14. The summed E-state index contributed by atoms with van der Waals surface area (Å²) in [6.07, 6.45) is 0. The fourth-order valence-electron chi connectivity index (χ4n) is 2.19. The number of thiophene rings is 1. The van der Waals surface area contributed by atoms with Gasteiger partial charge in [0.2, 0.25) is 0 Å². The quantitative estimate of drug-likeness (QED) is 0.732. The normalized spacial score (nSPS) is 12.8. The molecule has 21 heavy (non-hydrogen) atoms. The lowest BCUT2D eigenvalue weighted by Gasteiger charge is -2.06. The van der Waals surface area contributed by atoms with Crippen molar-refractivity contribution in [2.75, 3.05) is 0 Å². The van der Waals surface area contributed by atoms with E-state index in [0.717, 1.165) is 21.1 Å². The van der Waals surface area contributed by atoms with Crippen molar-refractivity contribution >= 4 is 22.7 Å². The topological polar surface area (TPSA) is 38.9 Å². The van der Waals surface area contributed by atoms with Gasteiger partial charge in [0.25, 0.3) is 0 Å². The van der Waals surface area contributed by atoms with Crippen molar-refractivity contribution in [1.82, 2.24) is 4.98 Å². The molecule has 0 amide bonds. The van der Waals surface area contributed by atoms with Gasteiger partial charge in [-0.25, -0.2) is 4.98 Å². The maximum atomic E-state index is 6.27. The molecule has 0 aliphatic rings. The summed E-state index contributed by atoms with van der Waals surface area (Å²) < 4.78 is 0. The Balaban J connectivity index is 1.84. The highest BCUT2D eigenvalue weighted by atomic mass is 32.1. The number of nitrogens with zero attached hydrogens (tertiary/aromatic N) is 1. The lowest BCUT2D eigenvalue weighted by atomic mass is 10.0. The second-order valence-electron chi connectivity index (χ2n) is 5.34. The van der Waals surface area contributed by atoms with Crippen LogP contribution in [0.15, 0.2) is 47.2 Å². The van der Waals surface area contributed by atoms with Crippen LogP contribution in [0.5, 0.6) is 0 Å². The van der Waals surface area contributed by atoms with Gasteiger partial charge >= 0.3 is 0 Å². The molecule has 0 saturated heterocycles. The minimum Gasteiger partial charge on any atom is -0.318 e. The maximum Gasteiger partial charge on any atom is 0.115 e. The predicted octanol–water partition coefficient (Wildman–Crippen LogP) is 5.04. The van der Waals surface area contributed by atoms with Crippen molar-refractivity contribution in [3.05, 3.63) is 62.6 Å². The van der Waals surface area contributed by atoms with Crippen molar-refractivity contribution in [2.24, 2.45) is 5.73 Å². The summed E-state index contributed by atoms with van der Waals surface area (Å²) in [5, 5.41) is 5.11. The molecule has 0 aliphatic heterocycles. The van der Waals surface area contributed by atoms with E-state index in [2.05, 4.69) is 49.6 Å². The largest absolute Gasteiger partial charge is 0.318 e. The van der Waals surface area contributed by atoms with E-state index in [9.17, 15) is 0 Å². The van der Waals surface area contributed by atoms with Crippen LogP contribution in [-0.4, -0.2) is 4.98 Å². The van der Waals surface area contributed by atoms with Gasteiger partial charge < -0.3 is 5.73 Å². The monoisotopic (exact) mass is 314 g/mol. The Morgan fingerprint density at radius 1 is 1.05 bits per heavy atom. The Bertz CT molecular complexity index is 697. The van der Waals surface area contributed by atoms with Crippen LogP contribution in [0, 0.1) is 0 Å². The van der Waals surface area contributed by atoms with E-state index in [1.54, 1.807) is 22.7 Å². The molecule has 4 heteroatoms. The van der Waals surface area contributed by atoms with Gasteiger partial charge in [-0.05, 0) is 22.9 Å². The fourth-order valence-corrected chi connectivity index (χ4v) is 3.84. The first-order valence-corrected chi connectivity index (χ1v) is 8.76. The zero-order valence-electron chi connectivity index (χ0n) is 12.1. The van der Waals surface area contributed by atoms with Gasteiger partial charge in [-0.1, -0.05) is 44.2 Å². The number of hydrogen-bond acceptors (Lipinski definition) is 4. The van der Waals surface area contributed by atoms with E-state index in [-0.39, 0.29) is 6.04 Å². The molecule has 1 unspecified atom stereocenters. The standard InChI is InChI=1S/C17H18N2S2/c1-11(2)12-5-7-13(8-6-12)14-10-21-17(19-14)16(18)15-4-3-9-20-15/h3-11,16H,18H2,1-2H3. The van der Waals surface area contributed by atoms with Crippen molar-refractivity contribution < 1.29 is 0 Å². The summed E-state index contributed by atoms with van der Waals surface area (Å²) in [7, 11) is 0. The van der Waals surface area contributed by atoms with Crippen LogP contribution in [0.4, 0.5) is 0 Å². The van der Waals surface area contributed by atoms with Crippen LogP contribution in [0.2, 0.25) is 0 Å². The molecule has 108 valence electrons. The zero-order valence-corrected chi connectivity index (χ0v) is 13.7. The molecule has 0 saturated carbocycles. The molecule has 2 heterocycles. The third-order valence-corrected chi connectivity index (χ3v) is 5.39. The molecule has 0 bridgehead atoms. The second kappa shape index (κ2) is 6.10. The summed E-state index contributed by atoms with van der Waals surface area (Å²) in [6.45, 7) is 4.41. The first-order chi connectivity index (χ1) is 10.1. The summed E-state index contributed by atoms with van der Waals surface area (Å²) in [5.74, 6) is 0.553. The minimum absolute atomic E-state index is 0.112. The average Bonchev–Trinajstić information content (AvgIpc) is 3.18. The van der Waals surface area contributed by atoms with Gasteiger partial charge in [0.1, 0.15) is 5.01 Å². The number of nitrogens with two attached hydrogens (primary N) is 1. The molecular weight excluding hydrogens is 296 g/mol. The number of aromatic nitrogens is 1. The second-order valence-corrected chi connectivity index (χ2v) is 7.21. The van der Waals surface area contributed by atoms with E-state index in [1.165, 1.54) is 5.56 Å². The predicted molar refractivity (Wildman–Crippen MR) is 92.0 cm³/mol. The van der Waals surface area contributed by atoms with Gasteiger partial charge in [0.05, 0.1) is 11.7 Å². The lowest BCUT2D eigenvalue weighted by Crippen LogP contribution is -2.09. The van der Waals surface area contributed by atoms with Crippen LogP contribution >= 0.6 is 22.7 Å². The Labute approximate surface area is 133 Å². The molecule has 0 fully saturated rings. The molecule has 1 aromatic carbocycles. The van der Waals surface area contributed by atoms with Gasteiger partial charge in [0.15, 0.2) is 0 Å². The van der Waals surface area contributed by atoms with Crippen LogP contribution < -0.4 is 5.73 Å². The van der Waals surface area contributed by atoms with Crippen LogP contribution in [0.1, 0.15) is 41.3 Å². The maximum absolute atomic E-state index is 6.27. The molecule has 2 N–H and O–H groups in total. The molecule has 3 aromatic rings. The third-order valence-electron chi connectivity index (χ3n) is 3.51. The van der Waals surface area contributed by atoms with Gasteiger partial charge in [0, 0.05) is 15.8 Å². The summed E-state index contributed by atoms with van der Waals surface area (Å²) in [5.41, 5.74) is 9.79.